The van der Waals surface area contributed by atoms with Crippen molar-refractivity contribution in [2.24, 2.45) is 0 Å². The largest absolute Gasteiger partial charge is 0.440 e. The standard InChI is InChI=1S/C17H17N3O4S2/c1-11-14(19-17(24-11)15-7-4-8-25-15)10-16(21)18-12-5-3-6-13(9-12)20-26(2,22)23/h3-9,20H,10H2,1-2H3,(H,18,21). The molecule has 7 nitrogen and oxygen atoms in total. The normalized spacial score (nSPS) is 11.3. The lowest BCUT2D eigenvalue weighted by Gasteiger charge is -2.08. The van der Waals surface area contributed by atoms with Gasteiger partial charge in [0.05, 0.1) is 28.9 Å². The van der Waals surface area contributed by atoms with E-state index in [1.807, 2.05) is 17.5 Å². The van der Waals surface area contributed by atoms with Crippen molar-refractivity contribution in [3.05, 3.63) is 53.2 Å². The Kier molecular flexibility index (Phi) is 5.10. The van der Waals surface area contributed by atoms with Gasteiger partial charge in [0.1, 0.15) is 5.76 Å². The highest BCUT2D eigenvalue weighted by Crippen LogP contribution is 2.26. The number of sulfonamides is 1. The number of aryl methyl sites for hydroxylation is 1. The average molecular weight is 391 g/mol. The lowest BCUT2D eigenvalue weighted by molar-refractivity contribution is -0.115. The molecule has 1 amide bonds. The van der Waals surface area contributed by atoms with Crippen LogP contribution in [0.3, 0.4) is 0 Å². The first-order valence-corrected chi connectivity index (χ1v) is 10.4. The number of hydrogen-bond donors (Lipinski definition) is 2. The lowest BCUT2D eigenvalue weighted by Crippen LogP contribution is -2.15. The monoisotopic (exact) mass is 391 g/mol. The maximum absolute atomic E-state index is 12.3. The molecular weight excluding hydrogens is 374 g/mol. The van der Waals surface area contributed by atoms with Crippen molar-refractivity contribution in [3.63, 3.8) is 0 Å². The summed E-state index contributed by atoms with van der Waals surface area (Å²) in [5, 5.41) is 4.66. The number of nitrogens with zero attached hydrogens (tertiary/aromatic N) is 1. The third-order valence-corrected chi connectivity index (χ3v) is 4.87. The van der Waals surface area contributed by atoms with Crippen LogP contribution in [-0.4, -0.2) is 25.6 Å². The molecule has 0 radical (unpaired) electrons. The summed E-state index contributed by atoms with van der Waals surface area (Å²) in [7, 11) is -3.38. The van der Waals surface area contributed by atoms with Gasteiger partial charge in [-0.2, -0.15) is 0 Å². The number of amides is 1. The third-order valence-electron chi connectivity index (χ3n) is 3.40. The van der Waals surface area contributed by atoms with Crippen LogP contribution in [0.1, 0.15) is 11.5 Å². The zero-order valence-electron chi connectivity index (χ0n) is 14.1. The molecule has 2 aromatic heterocycles. The number of anilines is 2. The third kappa shape index (κ3) is 4.70. The summed E-state index contributed by atoms with van der Waals surface area (Å²) in [5.41, 5.74) is 1.43. The van der Waals surface area contributed by atoms with Crippen LogP contribution in [0.4, 0.5) is 11.4 Å². The summed E-state index contributed by atoms with van der Waals surface area (Å²) in [6, 6.07) is 10.3. The van der Waals surface area contributed by atoms with Crippen molar-refractivity contribution < 1.29 is 17.6 Å². The first-order valence-electron chi connectivity index (χ1n) is 7.68. The molecule has 0 atom stereocenters. The van der Waals surface area contributed by atoms with Crippen LogP contribution in [0.15, 0.2) is 46.2 Å². The van der Waals surface area contributed by atoms with Crippen molar-refractivity contribution in [2.45, 2.75) is 13.3 Å². The summed E-state index contributed by atoms with van der Waals surface area (Å²) in [6.45, 7) is 1.77. The molecule has 3 rings (SSSR count). The molecule has 0 bridgehead atoms. The highest BCUT2D eigenvalue weighted by molar-refractivity contribution is 7.92. The number of oxazole rings is 1. The number of thiophene rings is 1. The van der Waals surface area contributed by atoms with Gasteiger partial charge in [0.15, 0.2) is 0 Å². The minimum atomic E-state index is -3.38. The average Bonchev–Trinajstić information content (AvgIpc) is 3.16. The molecule has 0 aliphatic rings. The molecule has 0 aliphatic carbocycles. The van der Waals surface area contributed by atoms with E-state index < -0.39 is 10.0 Å². The van der Waals surface area contributed by atoms with Gasteiger partial charge in [-0.15, -0.1) is 11.3 Å². The predicted molar refractivity (Wildman–Crippen MR) is 102 cm³/mol. The van der Waals surface area contributed by atoms with Crippen LogP contribution in [-0.2, 0) is 21.2 Å². The summed E-state index contributed by atoms with van der Waals surface area (Å²) in [5.74, 6) is 0.825. The van der Waals surface area contributed by atoms with Gasteiger partial charge < -0.3 is 9.73 Å². The van der Waals surface area contributed by atoms with E-state index in [4.69, 9.17) is 4.42 Å². The van der Waals surface area contributed by atoms with Gasteiger partial charge in [0.25, 0.3) is 0 Å². The number of carbonyl (C=O) groups excluding carboxylic acids is 1. The van der Waals surface area contributed by atoms with Crippen LogP contribution in [0.2, 0.25) is 0 Å². The van der Waals surface area contributed by atoms with Crippen LogP contribution in [0.25, 0.3) is 10.8 Å². The first kappa shape index (κ1) is 18.2. The molecule has 2 N–H and O–H groups in total. The van der Waals surface area contributed by atoms with Crippen LogP contribution in [0, 0.1) is 6.92 Å². The summed E-state index contributed by atoms with van der Waals surface area (Å²) >= 11 is 1.51. The van der Waals surface area contributed by atoms with Crippen molar-refractivity contribution in [3.8, 4) is 10.8 Å². The molecule has 0 unspecified atom stereocenters. The Hall–Kier alpha value is -2.65. The van der Waals surface area contributed by atoms with Crippen LogP contribution in [0.5, 0.6) is 0 Å². The van der Waals surface area contributed by atoms with Crippen molar-refractivity contribution in [1.29, 1.82) is 0 Å². The van der Waals surface area contributed by atoms with E-state index in [1.54, 1.807) is 31.2 Å². The molecule has 136 valence electrons. The molecule has 3 aromatic rings. The molecule has 26 heavy (non-hydrogen) atoms. The number of aromatic nitrogens is 1. The van der Waals surface area contributed by atoms with E-state index in [2.05, 4.69) is 15.0 Å². The second kappa shape index (κ2) is 7.30. The van der Waals surface area contributed by atoms with E-state index in [9.17, 15) is 13.2 Å². The molecule has 0 saturated carbocycles. The zero-order chi connectivity index (χ0) is 18.7. The fraction of sp³-hybridized carbons (Fsp3) is 0.176. The smallest absolute Gasteiger partial charge is 0.236 e. The van der Waals surface area contributed by atoms with E-state index in [-0.39, 0.29) is 12.3 Å². The fourth-order valence-electron chi connectivity index (χ4n) is 2.33. The molecule has 0 fully saturated rings. The number of rotatable bonds is 6. The fourth-order valence-corrected chi connectivity index (χ4v) is 3.53. The lowest BCUT2D eigenvalue weighted by atomic mass is 10.2. The van der Waals surface area contributed by atoms with Crippen molar-refractivity contribution in [2.75, 3.05) is 16.3 Å². The van der Waals surface area contributed by atoms with Crippen LogP contribution < -0.4 is 10.0 Å². The number of nitrogens with one attached hydrogen (secondary N) is 2. The Morgan fingerprint density at radius 3 is 2.69 bits per heavy atom. The topological polar surface area (TPSA) is 101 Å². The van der Waals surface area contributed by atoms with Gasteiger partial charge in [0, 0.05) is 5.69 Å². The maximum Gasteiger partial charge on any atom is 0.236 e. The number of carbonyl (C=O) groups is 1. The summed E-state index contributed by atoms with van der Waals surface area (Å²) < 4.78 is 30.6. The van der Waals surface area contributed by atoms with E-state index in [0.29, 0.717) is 28.7 Å². The van der Waals surface area contributed by atoms with Gasteiger partial charge in [-0.25, -0.2) is 13.4 Å². The molecule has 0 aliphatic heterocycles. The Morgan fingerprint density at radius 1 is 1.23 bits per heavy atom. The second-order valence-electron chi connectivity index (χ2n) is 5.68. The van der Waals surface area contributed by atoms with Gasteiger partial charge in [-0.1, -0.05) is 12.1 Å². The zero-order valence-corrected chi connectivity index (χ0v) is 15.8. The molecule has 2 heterocycles. The quantitative estimate of drug-likeness (QED) is 0.672. The minimum absolute atomic E-state index is 0.0600. The Morgan fingerprint density at radius 2 is 2.00 bits per heavy atom. The predicted octanol–water partition coefficient (Wildman–Crippen LogP) is 3.26. The van der Waals surface area contributed by atoms with Gasteiger partial charge >= 0.3 is 0 Å². The molecule has 1 aromatic carbocycles. The Balaban J connectivity index is 1.69. The maximum atomic E-state index is 12.3. The van der Waals surface area contributed by atoms with Gasteiger partial charge in [0.2, 0.25) is 21.8 Å². The Bertz CT molecular complexity index is 1020. The highest BCUT2D eigenvalue weighted by Gasteiger charge is 2.15. The molecule has 9 heteroatoms. The van der Waals surface area contributed by atoms with Gasteiger partial charge in [-0.3, -0.25) is 9.52 Å². The first-order chi connectivity index (χ1) is 12.3. The number of benzene rings is 1. The van der Waals surface area contributed by atoms with E-state index in [1.165, 1.54) is 11.3 Å². The van der Waals surface area contributed by atoms with Crippen molar-refractivity contribution in [1.82, 2.24) is 4.98 Å². The SMILES string of the molecule is Cc1oc(-c2cccs2)nc1CC(=O)Nc1cccc(NS(C)(=O)=O)c1. The highest BCUT2D eigenvalue weighted by atomic mass is 32.2. The minimum Gasteiger partial charge on any atom is -0.440 e. The molecular formula is C17H17N3O4S2. The molecule has 0 spiro atoms. The summed E-state index contributed by atoms with van der Waals surface area (Å²) in [6.07, 6.45) is 1.13. The van der Waals surface area contributed by atoms with Crippen molar-refractivity contribution >= 4 is 38.6 Å². The van der Waals surface area contributed by atoms with E-state index in [0.717, 1.165) is 11.1 Å². The van der Waals surface area contributed by atoms with E-state index >= 15 is 0 Å². The van der Waals surface area contributed by atoms with Gasteiger partial charge in [-0.05, 0) is 36.6 Å². The summed E-state index contributed by atoms with van der Waals surface area (Å²) in [4.78, 5) is 17.6. The molecule has 0 saturated heterocycles. The Labute approximate surface area is 155 Å². The second-order valence-corrected chi connectivity index (χ2v) is 8.38. The van der Waals surface area contributed by atoms with Crippen LogP contribution >= 0.6 is 11.3 Å². The number of hydrogen-bond acceptors (Lipinski definition) is 6.